The minimum absolute atomic E-state index is 0.303. The van der Waals surface area contributed by atoms with Crippen molar-refractivity contribution in [1.29, 1.82) is 0 Å². The fraction of sp³-hybridized carbons (Fsp3) is 0.333. The maximum atomic E-state index is 13.1. The van der Waals surface area contributed by atoms with Crippen molar-refractivity contribution in [2.45, 2.75) is 20.0 Å². The molecular formula is C9H11FO. The average Bonchev–Trinajstić information content (AvgIpc) is 1.94. The summed E-state index contributed by atoms with van der Waals surface area (Å²) in [7, 11) is 0. The van der Waals surface area contributed by atoms with Crippen LogP contribution < -0.4 is 0 Å². The largest absolute Gasteiger partial charge is 0.389 e. The van der Waals surface area contributed by atoms with Gasteiger partial charge in [-0.25, -0.2) is 4.39 Å². The van der Waals surface area contributed by atoms with Crippen molar-refractivity contribution in [3.05, 3.63) is 35.1 Å². The molecular weight excluding hydrogens is 143 g/mol. The van der Waals surface area contributed by atoms with Gasteiger partial charge in [-0.15, -0.1) is 0 Å². The Bertz CT molecular complexity index is 256. The van der Waals surface area contributed by atoms with Gasteiger partial charge in [0.05, 0.1) is 6.10 Å². The molecule has 0 fully saturated rings. The molecule has 2 heteroatoms. The number of aliphatic hydroxyl groups excluding tert-OH is 1. The van der Waals surface area contributed by atoms with Crippen LogP contribution in [0.4, 0.5) is 4.39 Å². The van der Waals surface area contributed by atoms with Crippen molar-refractivity contribution in [2.24, 2.45) is 0 Å². The second kappa shape index (κ2) is 3.01. The third kappa shape index (κ3) is 1.57. The van der Waals surface area contributed by atoms with Crippen LogP contribution in [-0.2, 0) is 0 Å². The Hall–Kier alpha value is -0.890. The van der Waals surface area contributed by atoms with Crippen LogP contribution in [0.15, 0.2) is 18.2 Å². The van der Waals surface area contributed by atoms with E-state index in [-0.39, 0.29) is 5.82 Å². The number of aryl methyl sites for hydroxylation is 1. The number of benzene rings is 1. The summed E-state index contributed by atoms with van der Waals surface area (Å²) in [5, 5.41) is 9.09. The smallest absolute Gasteiger partial charge is 0.131 e. The molecule has 0 aromatic heterocycles. The summed E-state index contributed by atoms with van der Waals surface area (Å²) in [6.45, 7) is 3.24. The van der Waals surface area contributed by atoms with Gasteiger partial charge >= 0.3 is 0 Å². The monoisotopic (exact) mass is 154 g/mol. The number of hydrogen-bond acceptors (Lipinski definition) is 1. The van der Waals surface area contributed by atoms with Crippen LogP contribution in [0.3, 0.4) is 0 Å². The van der Waals surface area contributed by atoms with Crippen molar-refractivity contribution in [3.63, 3.8) is 0 Å². The molecule has 1 nitrogen and oxygen atoms in total. The fourth-order valence-electron chi connectivity index (χ4n) is 0.993. The van der Waals surface area contributed by atoms with E-state index in [0.29, 0.717) is 11.1 Å². The zero-order valence-corrected chi connectivity index (χ0v) is 6.63. The van der Waals surface area contributed by atoms with Crippen LogP contribution in [0.2, 0.25) is 0 Å². The van der Waals surface area contributed by atoms with Gasteiger partial charge in [0.2, 0.25) is 0 Å². The molecule has 1 aromatic rings. The van der Waals surface area contributed by atoms with Gasteiger partial charge in [-0.2, -0.15) is 0 Å². The lowest BCUT2D eigenvalue weighted by atomic mass is 10.1. The molecule has 0 bridgehead atoms. The molecule has 0 heterocycles. The molecule has 0 radical (unpaired) electrons. The predicted molar refractivity (Wildman–Crippen MR) is 41.8 cm³/mol. The SMILES string of the molecule is Cc1cccc([C@@H](C)O)c1F. The minimum Gasteiger partial charge on any atom is -0.389 e. The van der Waals surface area contributed by atoms with E-state index < -0.39 is 6.10 Å². The van der Waals surface area contributed by atoms with Crippen LogP contribution in [0.5, 0.6) is 0 Å². The van der Waals surface area contributed by atoms with E-state index in [1.807, 2.05) is 0 Å². The highest BCUT2D eigenvalue weighted by atomic mass is 19.1. The Morgan fingerprint density at radius 2 is 2.09 bits per heavy atom. The highest BCUT2D eigenvalue weighted by Crippen LogP contribution is 2.18. The Labute approximate surface area is 65.5 Å². The zero-order chi connectivity index (χ0) is 8.43. The van der Waals surface area contributed by atoms with Gasteiger partial charge in [0, 0.05) is 5.56 Å². The van der Waals surface area contributed by atoms with Crippen molar-refractivity contribution in [1.82, 2.24) is 0 Å². The molecule has 0 aliphatic rings. The highest BCUT2D eigenvalue weighted by Gasteiger charge is 2.08. The van der Waals surface area contributed by atoms with Crippen LogP contribution in [0.25, 0.3) is 0 Å². The first-order valence-corrected chi connectivity index (χ1v) is 3.56. The molecule has 60 valence electrons. The van der Waals surface area contributed by atoms with Crippen LogP contribution >= 0.6 is 0 Å². The maximum absolute atomic E-state index is 13.1. The van der Waals surface area contributed by atoms with Gasteiger partial charge in [-0.3, -0.25) is 0 Å². The molecule has 1 aromatic carbocycles. The Kier molecular flexibility index (Phi) is 2.25. The Balaban J connectivity index is 3.17. The van der Waals surface area contributed by atoms with E-state index in [1.165, 1.54) is 0 Å². The van der Waals surface area contributed by atoms with Crippen molar-refractivity contribution < 1.29 is 9.50 Å². The molecule has 0 unspecified atom stereocenters. The first-order chi connectivity index (χ1) is 5.13. The maximum Gasteiger partial charge on any atom is 0.131 e. The number of aliphatic hydroxyl groups is 1. The van der Waals surface area contributed by atoms with E-state index in [2.05, 4.69) is 0 Å². The fourth-order valence-corrected chi connectivity index (χ4v) is 0.993. The zero-order valence-electron chi connectivity index (χ0n) is 6.63. The van der Waals surface area contributed by atoms with Gasteiger partial charge in [0.25, 0.3) is 0 Å². The number of hydrogen-bond donors (Lipinski definition) is 1. The van der Waals surface area contributed by atoms with Gasteiger partial charge in [0.15, 0.2) is 0 Å². The van der Waals surface area contributed by atoms with Gasteiger partial charge in [-0.05, 0) is 19.4 Å². The quantitative estimate of drug-likeness (QED) is 0.657. The molecule has 0 saturated heterocycles. The van der Waals surface area contributed by atoms with E-state index >= 15 is 0 Å². The first kappa shape index (κ1) is 8.21. The predicted octanol–water partition coefficient (Wildman–Crippen LogP) is 2.19. The van der Waals surface area contributed by atoms with Gasteiger partial charge < -0.3 is 5.11 Å². The van der Waals surface area contributed by atoms with Crippen LogP contribution in [0, 0.1) is 12.7 Å². The molecule has 0 aliphatic heterocycles. The van der Waals surface area contributed by atoms with E-state index in [1.54, 1.807) is 32.0 Å². The van der Waals surface area contributed by atoms with E-state index in [9.17, 15) is 4.39 Å². The Morgan fingerprint density at radius 3 is 2.55 bits per heavy atom. The minimum atomic E-state index is -0.727. The number of halogens is 1. The van der Waals surface area contributed by atoms with Crippen LogP contribution in [-0.4, -0.2) is 5.11 Å². The standard InChI is InChI=1S/C9H11FO/c1-6-4-3-5-8(7(2)11)9(6)10/h3-5,7,11H,1-2H3/t7-/m1/s1. The van der Waals surface area contributed by atoms with Crippen molar-refractivity contribution in [2.75, 3.05) is 0 Å². The van der Waals surface area contributed by atoms with E-state index in [0.717, 1.165) is 0 Å². The normalized spacial score (nSPS) is 13.1. The van der Waals surface area contributed by atoms with Gasteiger partial charge in [0.1, 0.15) is 5.82 Å². The highest BCUT2D eigenvalue weighted by molar-refractivity contribution is 5.26. The average molecular weight is 154 g/mol. The summed E-state index contributed by atoms with van der Waals surface area (Å²) in [5.74, 6) is -0.303. The summed E-state index contributed by atoms with van der Waals surface area (Å²) < 4.78 is 13.1. The van der Waals surface area contributed by atoms with Crippen LogP contribution in [0.1, 0.15) is 24.2 Å². The summed E-state index contributed by atoms with van der Waals surface area (Å²) >= 11 is 0. The summed E-state index contributed by atoms with van der Waals surface area (Å²) in [5.41, 5.74) is 0.938. The topological polar surface area (TPSA) is 20.2 Å². The van der Waals surface area contributed by atoms with Crippen molar-refractivity contribution >= 4 is 0 Å². The molecule has 0 saturated carbocycles. The molecule has 1 atom stereocenters. The molecule has 1 rings (SSSR count). The van der Waals surface area contributed by atoms with Crippen molar-refractivity contribution in [3.8, 4) is 0 Å². The molecule has 11 heavy (non-hydrogen) atoms. The third-order valence-corrected chi connectivity index (χ3v) is 1.67. The lowest BCUT2D eigenvalue weighted by Crippen LogP contribution is -1.96. The summed E-state index contributed by atoms with van der Waals surface area (Å²) in [6.07, 6.45) is -0.727. The Morgan fingerprint density at radius 1 is 1.45 bits per heavy atom. The third-order valence-electron chi connectivity index (χ3n) is 1.67. The second-order valence-corrected chi connectivity index (χ2v) is 2.65. The summed E-state index contributed by atoms with van der Waals surface area (Å²) in [4.78, 5) is 0. The van der Waals surface area contributed by atoms with Gasteiger partial charge in [-0.1, -0.05) is 18.2 Å². The number of rotatable bonds is 1. The second-order valence-electron chi connectivity index (χ2n) is 2.65. The molecule has 0 spiro atoms. The summed E-state index contributed by atoms with van der Waals surface area (Å²) in [6, 6.07) is 5.01. The lowest BCUT2D eigenvalue weighted by Gasteiger charge is -2.06. The first-order valence-electron chi connectivity index (χ1n) is 3.56. The molecule has 1 N–H and O–H groups in total. The lowest BCUT2D eigenvalue weighted by molar-refractivity contribution is 0.194. The van der Waals surface area contributed by atoms with E-state index in [4.69, 9.17) is 5.11 Å². The molecule has 0 aliphatic carbocycles. The molecule has 0 amide bonds.